The predicted octanol–water partition coefficient (Wildman–Crippen LogP) is 2.39. The third kappa shape index (κ3) is 3.32. The smallest absolute Gasteiger partial charge is 0.226 e. The molecule has 0 aliphatic carbocycles. The van der Waals surface area contributed by atoms with E-state index in [-0.39, 0.29) is 0 Å². The van der Waals surface area contributed by atoms with Crippen LogP contribution in [0.15, 0.2) is 34.9 Å². The first kappa shape index (κ1) is 13.1. The number of aromatic nitrogens is 1. The maximum Gasteiger partial charge on any atom is 0.226 e. The van der Waals surface area contributed by atoms with Crippen LogP contribution in [0.5, 0.6) is 0 Å². The number of nitrogens with zero attached hydrogens (tertiary/aromatic N) is 2. The zero-order valence-corrected chi connectivity index (χ0v) is 11.0. The Hall–Kier alpha value is -1.36. The zero-order chi connectivity index (χ0) is 13.0. The van der Waals surface area contributed by atoms with Crippen LogP contribution in [0.25, 0.3) is 11.5 Å². The highest BCUT2D eigenvalue weighted by Gasteiger charge is 2.08. The molecule has 0 spiro atoms. The molecule has 2 aromatic rings. The van der Waals surface area contributed by atoms with Crippen molar-refractivity contribution in [2.45, 2.75) is 6.54 Å². The van der Waals surface area contributed by atoms with Gasteiger partial charge in [-0.3, -0.25) is 4.90 Å². The lowest BCUT2D eigenvalue weighted by atomic mass is 10.2. The van der Waals surface area contributed by atoms with Crippen molar-refractivity contribution in [3.05, 3.63) is 41.2 Å². The summed E-state index contributed by atoms with van der Waals surface area (Å²) < 4.78 is 5.46. The number of likely N-dealkylation sites (N-methyl/N-ethyl adjacent to an activating group) is 1. The first-order chi connectivity index (χ1) is 8.69. The Labute approximate surface area is 111 Å². The van der Waals surface area contributed by atoms with Crippen LogP contribution in [-0.4, -0.2) is 30.0 Å². The summed E-state index contributed by atoms with van der Waals surface area (Å²) in [5, 5.41) is 0.674. The fourth-order valence-corrected chi connectivity index (χ4v) is 1.90. The van der Waals surface area contributed by atoms with Crippen molar-refractivity contribution in [1.82, 2.24) is 9.88 Å². The molecule has 2 N–H and O–H groups in total. The van der Waals surface area contributed by atoms with Gasteiger partial charge in [-0.25, -0.2) is 4.98 Å². The third-order valence-electron chi connectivity index (χ3n) is 2.57. The summed E-state index contributed by atoms with van der Waals surface area (Å²) in [6, 6.07) is 7.46. The normalized spacial score (nSPS) is 11.1. The van der Waals surface area contributed by atoms with Crippen LogP contribution in [0.2, 0.25) is 5.02 Å². The van der Waals surface area contributed by atoms with Crippen molar-refractivity contribution < 1.29 is 4.42 Å². The lowest BCUT2D eigenvalue weighted by Gasteiger charge is -2.12. The molecule has 0 saturated carbocycles. The predicted molar refractivity (Wildman–Crippen MR) is 72.3 cm³/mol. The van der Waals surface area contributed by atoms with Crippen LogP contribution in [0.3, 0.4) is 0 Å². The minimum absolute atomic E-state index is 0.591. The van der Waals surface area contributed by atoms with Gasteiger partial charge < -0.3 is 10.2 Å². The molecule has 0 saturated heterocycles. The third-order valence-corrected chi connectivity index (χ3v) is 2.80. The maximum absolute atomic E-state index is 5.94. The van der Waals surface area contributed by atoms with E-state index in [9.17, 15) is 0 Å². The summed E-state index contributed by atoms with van der Waals surface area (Å²) in [6.45, 7) is 2.19. The van der Waals surface area contributed by atoms with Crippen molar-refractivity contribution in [1.29, 1.82) is 0 Å². The summed E-state index contributed by atoms with van der Waals surface area (Å²) in [5.41, 5.74) is 7.27. The SMILES string of the molecule is CN(CCN)Cc1coc(-c2cccc(Cl)c2)n1. The summed E-state index contributed by atoms with van der Waals surface area (Å²) in [7, 11) is 2.00. The Morgan fingerprint density at radius 1 is 1.44 bits per heavy atom. The van der Waals surface area contributed by atoms with Crippen LogP contribution in [0, 0.1) is 0 Å². The molecule has 0 aliphatic rings. The molecule has 0 bridgehead atoms. The van der Waals surface area contributed by atoms with Gasteiger partial charge in [0.2, 0.25) is 5.89 Å². The molecule has 96 valence electrons. The van der Waals surface area contributed by atoms with Crippen LogP contribution < -0.4 is 5.73 Å². The Bertz CT molecular complexity index is 512. The standard InChI is InChI=1S/C13H16ClN3O/c1-17(6-5-15)8-12-9-18-13(16-12)10-3-2-4-11(14)7-10/h2-4,7,9H,5-6,8,15H2,1H3. The fourth-order valence-electron chi connectivity index (χ4n) is 1.71. The largest absolute Gasteiger partial charge is 0.444 e. The second-order valence-corrected chi connectivity index (χ2v) is 4.62. The monoisotopic (exact) mass is 265 g/mol. The second kappa shape index (κ2) is 6.00. The number of rotatable bonds is 5. The topological polar surface area (TPSA) is 55.3 Å². The molecule has 0 fully saturated rings. The number of hydrogen-bond acceptors (Lipinski definition) is 4. The van der Waals surface area contributed by atoms with Crippen LogP contribution in [0.1, 0.15) is 5.69 Å². The number of nitrogens with two attached hydrogens (primary N) is 1. The first-order valence-electron chi connectivity index (χ1n) is 5.78. The van der Waals surface area contributed by atoms with E-state index in [2.05, 4.69) is 9.88 Å². The maximum atomic E-state index is 5.94. The minimum Gasteiger partial charge on any atom is -0.444 e. The van der Waals surface area contributed by atoms with E-state index in [4.69, 9.17) is 21.8 Å². The molecule has 0 aliphatic heterocycles. The van der Waals surface area contributed by atoms with Crippen molar-refractivity contribution in [2.24, 2.45) is 5.73 Å². The Balaban J connectivity index is 2.10. The van der Waals surface area contributed by atoms with Crippen molar-refractivity contribution in [3.8, 4) is 11.5 Å². The van der Waals surface area contributed by atoms with E-state index in [1.165, 1.54) is 0 Å². The fraction of sp³-hybridized carbons (Fsp3) is 0.308. The molecular weight excluding hydrogens is 250 g/mol. The average molecular weight is 266 g/mol. The van der Waals surface area contributed by atoms with E-state index in [0.29, 0.717) is 17.5 Å². The Kier molecular flexibility index (Phi) is 4.36. The van der Waals surface area contributed by atoms with Crippen LogP contribution in [0.4, 0.5) is 0 Å². The van der Waals surface area contributed by atoms with Gasteiger partial charge in [0, 0.05) is 30.2 Å². The molecule has 0 unspecified atom stereocenters. The lowest BCUT2D eigenvalue weighted by molar-refractivity contribution is 0.332. The Morgan fingerprint density at radius 2 is 2.28 bits per heavy atom. The highest BCUT2D eigenvalue weighted by atomic mass is 35.5. The van der Waals surface area contributed by atoms with E-state index < -0.39 is 0 Å². The highest BCUT2D eigenvalue weighted by molar-refractivity contribution is 6.30. The molecule has 1 aromatic carbocycles. The lowest BCUT2D eigenvalue weighted by Crippen LogP contribution is -2.25. The van der Waals surface area contributed by atoms with Gasteiger partial charge in [-0.05, 0) is 25.2 Å². The molecular formula is C13H16ClN3O. The molecule has 4 nitrogen and oxygen atoms in total. The summed E-state index contributed by atoms with van der Waals surface area (Å²) in [6.07, 6.45) is 1.67. The van der Waals surface area contributed by atoms with Gasteiger partial charge >= 0.3 is 0 Å². The molecule has 1 aromatic heterocycles. The first-order valence-corrected chi connectivity index (χ1v) is 6.16. The van der Waals surface area contributed by atoms with Gasteiger partial charge in [0.25, 0.3) is 0 Å². The van der Waals surface area contributed by atoms with Gasteiger partial charge in [0.1, 0.15) is 6.26 Å². The van der Waals surface area contributed by atoms with Gasteiger partial charge in [-0.15, -0.1) is 0 Å². The van der Waals surface area contributed by atoms with Crippen molar-refractivity contribution in [2.75, 3.05) is 20.1 Å². The van der Waals surface area contributed by atoms with Gasteiger partial charge in [0.05, 0.1) is 5.69 Å². The van der Waals surface area contributed by atoms with Crippen molar-refractivity contribution >= 4 is 11.6 Å². The molecule has 0 atom stereocenters. The summed E-state index contributed by atoms with van der Waals surface area (Å²) in [5.74, 6) is 0.591. The van der Waals surface area contributed by atoms with Crippen LogP contribution >= 0.6 is 11.6 Å². The molecule has 5 heteroatoms. The minimum atomic E-state index is 0.591. The van der Waals surface area contributed by atoms with Gasteiger partial charge in [-0.1, -0.05) is 17.7 Å². The van der Waals surface area contributed by atoms with E-state index in [0.717, 1.165) is 24.3 Å². The molecule has 18 heavy (non-hydrogen) atoms. The number of halogens is 1. The van der Waals surface area contributed by atoms with E-state index in [1.54, 1.807) is 6.26 Å². The van der Waals surface area contributed by atoms with Crippen molar-refractivity contribution in [3.63, 3.8) is 0 Å². The highest BCUT2D eigenvalue weighted by Crippen LogP contribution is 2.22. The Morgan fingerprint density at radius 3 is 3.00 bits per heavy atom. The molecule has 0 radical (unpaired) electrons. The summed E-state index contributed by atoms with van der Waals surface area (Å²) >= 11 is 5.94. The quantitative estimate of drug-likeness (QED) is 0.902. The molecule has 0 amide bonds. The molecule has 1 heterocycles. The van der Waals surface area contributed by atoms with Gasteiger partial charge in [-0.2, -0.15) is 0 Å². The number of benzene rings is 1. The van der Waals surface area contributed by atoms with Crippen LogP contribution in [-0.2, 0) is 6.54 Å². The van der Waals surface area contributed by atoms with E-state index >= 15 is 0 Å². The number of hydrogen-bond donors (Lipinski definition) is 1. The second-order valence-electron chi connectivity index (χ2n) is 4.18. The summed E-state index contributed by atoms with van der Waals surface area (Å²) in [4.78, 5) is 6.53. The van der Waals surface area contributed by atoms with Gasteiger partial charge in [0.15, 0.2) is 0 Å². The van der Waals surface area contributed by atoms with E-state index in [1.807, 2.05) is 31.3 Å². The average Bonchev–Trinajstić information content (AvgIpc) is 2.78. The molecule has 2 rings (SSSR count). The number of oxazole rings is 1. The zero-order valence-electron chi connectivity index (χ0n) is 10.3.